The molecule has 0 saturated heterocycles. The van der Waals surface area contributed by atoms with Gasteiger partial charge in [-0.25, -0.2) is 0 Å². The Bertz CT molecular complexity index is 1190. The summed E-state index contributed by atoms with van der Waals surface area (Å²) in [5.74, 6) is -0.820. The number of anilines is 2. The molecule has 0 atom stereocenters. The average Bonchev–Trinajstić information content (AvgIpc) is 3.04. The lowest BCUT2D eigenvalue weighted by Gasteiger charge is -2.29. The van der Waals surface area contributed by atoms with E-state index in [1.54, 1.807) is 36.4 Å². The average molecular weight is 502 g/mol. The summed E-state index contributed by atoms with van der Waals surface area (Å²) in [6.45, 7) is 1.83. The third kappa shape index (κ3) is 4.76. The van der Waals surface area contributed by atoms with Crippen LogP contribution >= 0.6 is 23.2 Å². The van der Waals surface area contributed by atoms with Crippen molar-refractivity contribution in [3.05, 3.63) is 63.3 Å². The van der Waals surface area contributed by atoms with Crippen LogP contribution in [0.25, 0.3) is 0 Å². The second-order valence-electron chi connectivity index (χ2n) is 8.41. The molecule has 9 heteroatoms. The first kappa shape index (κ1) is 24.1. The summed E-state index contributed by atoms with van der Waals surface area (Å²) in [6.07, 6.45) is 4.65. The van der Waals surface area contributed by atoms with Gasteiger partial charge in [0, 0.05) is 22.3 Å². The van der Waals surface area contributed by atoms with Crippen molar-refractivity contribution in [2.45, 2.75) is 45.1 Å². The van der Waals surface area contributed by atoms with E-state index in [0.29, 0.717) is 27.7 Å². The van der Waals surface area contributed by atoms with Gasteiger partial charge in [0.2, 0.25) is 0 Å². The van der Waals surface area contributed by atoms with E-state index in [4.69, 9.17) is 27.9 Å². The van der Waals surface area contributed by atoms with Crippen molar-refractivity contribution in [2.75, 3.05) is 17.7 Å². The molecule has 2 aromatic carbocycles. The molecule has 3 amide bonds. The molecule has 2 aromatic rings. The minimum absolute atomic E-state index is 0.0365. The Morgan fingerprint density at radius 2 is 1.74 bits per heavy atom. The summed E-state index contributed by atoms with van der Waals surface area (Å²) < 4.78 is 5.28. The number of ether oxygens (including phenoxy) is 1. The first-order valence-electron chi connectivity index (χ1n) is 11.1. The van der Waals surface area contributed by atoms with E-state index in [1.807, 2.05) is 6.92 Å². The monoisotopic (exact) mass is 501 g/mol. The third-order valence-electron chi connectivity index (χ3n) is 6.17. The highest BCUT2D eigenvalue weighted by Crippen LogP contribution is 2.33. The Morgan fingerprint density at radius 3 is 2.44 bits per heavy atom. The van der Waals surface area contributed by atoms with Crippen molar-refractivity contribution in [1.82, 2.24) is 4.90 Å². The number of carbonyl (C=O) groups is 3. The maximum Gasteiger partial charge on any atom is 0.279 e. The van der Waals surface area contributed by atoms with Crippen molar-refractivity contribution in [3.63, 3.8) is 0 Å². The Labute approximate surface area is 208 Å². The van der Waals surface area contributed by atoms with Gasteiger partial charge in [-0.2, -0.15) is 0 Å². The minimum atomic E-state index is -0.472. The van der Waals surface area contributed by atoms with Crippen LogP contribution < -0.4 is 15.4 Å². The molecule has 2 N–H and O–H groups in total. The molecule has 7 nitrogen and oxygen atoms in total. The predicted molar refractivity (Wildman–Crippen MR) is 132 cm³/mol. The van der Waals surface area contributed by atoms with Crippen LogP contribution in [0.5, 0.6) is 5.75 Å². The SMILES string of the molecule is COc1ccc(Cl)cc1NC(=O)c1ccc(C)c(NC2=C(Cl)C(=O)N(C3CCCCC3)C2=O)c1. The van der Waals surface area contributed by atoms with Crippen molar-refractivity contribution in [1.29, 1.82) is 0 Å². The first-order valence-corrected chi connectivity index (χ1v) is 11.9. The quantitative estimate of drug-likeness (QED) is 0.512. The molecule has 34 heavy (non-hydrogen) atoms. The van der Waals surface area contributed by atoms with Crippen LogP contribution in [-0.4, -0.2) is 35.8 Å². The number of benzene rings is 2. The van der Waals surface area contributed by atoms with Gasteiger partial charge >= 0.3 is 0 Å². The molecule has 0 unspecified atom stereocenters. The molecule has 1 heterocycles. The number of aryl methyl sites for hydroxylation is 1. The zero-order chi connectivity index (χ0) is 24.4. The number of methoxy groups -OCH3 is 1. The minimum Gasteiger partial charge on any atom is -0.495 e. The Kier molecular flexibility index (Phi) is 7.14. The maximum absolute atomic E-state index is 13.1. The van der Waals surface area contributed by atoms with E-state index in [1.165, 1.54) is 12.0 Å². The van der Waals surface area contributed by atoms with Crippen LogP contribution in [0.2, 0.25) is 5.02 Å². The lowest BCUT2D eigenvalue weighted by molar-refractivity contribution is -0.140. The van der Waals surface area contributed by atoms with E-state index >= 15 is 0 Å². The number of amides is 3. The summed E-state index contributed by atoms with van der Waals surface area (Å²) >= 11 is 12.4. The van der Waals surface area contributed by atoms with E-state index < -0.39 is 11.8 Å². The van der Waals surface area contributed by atoms with Crippen LogP contribution in [0.15, 0.2) is 47.1 Å². The summed E-state index contributed by atoms with van der Waals surface area (Å²) in [5, 5.41) is 6.12. The Morgan fingerprint density at radius 1 is 1.00 bits per heavy atom. The number of hydrogen-bond donors (Lipinski definition) is 2. The second kappa shape index (κ2) is 10.1. The molecule has 2 aliphatic rings. The highest BCUT2D eigenvalue weighted by atomic mass is 35.5. The third-order valence-corrected chi connectivity index (χ3v) is 6.75. The molecule has 1 aliphatic heterocycles. The molecular weight excluding hydrogens is 477 g/mol. The highest BCUT2D eigenvalue weighted by molar-refractivity contribution is 6.48. The van der Waals surface area contributed by atoms with E-state index in [-0.39, 0.29) is 22.7 Å². The highest BCUT2D eigenvalue weighted by Gasteiger charge is 2.42. The fourth-order valence-corrected chi connectivity index (χ4v) is 4.69. The van der Waals surface area contributed by atoms with Gasteiger partial charge in [-0.15, -0.1) is 0 Å². The summed E-state index contributed by atoms with van der Waals surface area (Å²) in [4.78, 5) is 40.1. The molecule has 0 radical (unpaired) electrons. The number of rotatable bonds is 6. The van der Waals surface area contributed by atoms with Crippen LogP contribution in [0.1, 0.15) is 48.0 Å². The van der Waals surface area contributed by atoms with Crippen molar-refractivity contribution in [3.8, 4) is 5.75 Å². The predicted octanol–water partition coefficient (Wildman–Crippen LogP) is 5.47. The summed E-state index contributed by atoms with van der Waals surface area (Å²) in [7, 11) is 1.50. The van der Waals surface area contributed by atoms with Crippen molar-refractivity contribution in [2.24, 2.45) is 0 Å². The molecule has 1 aliphatic carbocycles. The zero-order valence-electron chi connectivity index (χ0n) is 18.9. The Hall–Kier alpha value is -3.03. The number of nitrogens with zero attached hydrogens (tertiary/aromatic N) is 1. The number of imide groups is 1. The molecule has 0 bridgehead atoms. The van der Waals surface area contributed by atoms with Gasteiger partial charge in [-0.05, 0) is 55.7 Å². The Balaban J connectivity index is 1.56. The van der Waals surface area contributed by atoms with Gasteiger partial charge in [0.05, 0.1) is 12.8 Å². The summed E-state index contributed by atoms with van der Waals surface area (Å²) in [5.41, 5.74) is 2.10. The van der Waals surface area contributed by atoms with Crippen molar-refractivity contribution < 1.29 is 19.1 Å². The second-order valence-corrected chi connectivity index (χ2v) is 9.23. The van der Waals surface area contributed by atoms with Crippen LogP contribution in [0.4, 0.5) is 11.4 Å². The van der Waals surface area contributed by atoms with Gasteiger partial charge in [-0.1, -0.05) is 48.5 Å². The van der Waals surface area contributed by atoms with E-state index in [9.17, 15) is 14.4 Å². The number of hydrogen-bond acceptors (Lipinski definition) is 5. The van der Waals surface area contributed by atoms with Gasteiger partial charge in [0.1, 0.15) is 16.5 Å². The van der Waals surface area contributed by atoms with Crippen LogP contribution in [-0.2, 0) is 9.59 Å². The molecule has 0 aromatic heterocycles. The molecule has 1 fully saturated rings. The molecule has 0 spiro atoms. The lowest BCUT2D eigenvalue weighted by Crippen LogP contribution is -2.42. The molecule has 178 valence electrons. The first-order chi connectivity index (χ1) is 16.3. The fourth-order valence-electron chi connectivity index (χ4n) is 4.30. The fraction of sp³-hybridized carbons (Fsp3) is 0.320. The largest absolute Gasteiger partial charge is 0.495 e. The molecule has 4 rings (SSSR count). The van der Waals surface area contributed by atoms with Crippen LogP contribution in [0.3, 0.4) is 0 Å². The lowest BCUT2D eigenvalue weighted by atomic mass is 9.94. The summed E-state index contributed by atoms with van der Waals surface area (Å²) in [6, 6.07) is 9.82. The van der Waals surface area contributed by atoms with Crippen LogP contribution in [0, 0.1) is 6.92 Å². The number of nitrogens with one attached hydrogen (secondary N) is 2. The smallest absolute Gasteiger partial charge is 0.279 e. The zero-order valence-corrected chi connectivity index (χ0v) is 20.4. The molecule has 1 saturated carbocycles. The van der Waals surface area contributed by atoms with Gasteiger partial charge in [0.15, 0.2) is 0 Å². The maximum atomic E-state index is 13.1. The van der Waals surface area contributed by atoms with Gasteiger partial charge in [0.25, 0.3) is 17.7 Å². The number of halogens is 2. The molecular formula is C25H25Cl2N3O4. The van der Waals surface area contributed by atoms with E-state index in [2.05, 4.69) is 10.6 Å². The van der Waals surface area contributed by atoms with E-state index in [0.717, 1.165) is 37.7 Å². The topological polar surface area (TPSA) is 87.7 Å². The normalized spacial score (nSPS) is 16.8. The number of carbonyl (C=O) groups excluding carboxylic acids is 3. The van der Waals surface area contributed by atoms with Crippen molar-refractivity contribution >= 4 is 52.3 Å². The van der Waals surface area contributed by atoms with Gasteiger partial charge < -0.3 is 15.4 Å². The van der Waals surface area contributed by atoms with Gasteiger partial charge in [-0.3, -0.25) is 19.3 Å². The standard InChI is InChI=1S/C25H25Cl2N3O4/c1-14-8-9-15(23(31)29-19-13-16(26)10-11-20(19)34-2)12-18(14)28-22-21(27)24(32)30(25(22)33)17-6-4-3-5-7-17/h8-13,17,28H,3-7H2,1-2H3,(H,29,31).